The lowest BCUT2D eigenvalue weighted by Gasteiger charge is -2.36. The fourth-order valence-corrected chi connectivity index (χ4v) is 3.57. The molecule has 2 aromatic rings. The highest BCUT2D eigenvalue weighted by Crippen LogP contribution is 2.32. The molecule has 1 unspecified atom stereocenters. The Morgan fingerprint density at radius 2 is 1.64 bits per heavy atom. The van der Waals surface area contributed by atoms with Crippen LogP contribution in [0, 0.1) is 0 Å². The van der Waals surface area contributed by atoms with E-state index in [1.54, 1.807) is 29.2 Å². The van der Waals surface area contributed by atoms with Crippen LogP contribution >= 0.6 is 0 Å². The van der Waals surface area contributed by atoms with Crippen LogP contribution in [-0.2, 0) is 16.0 Å². The molecule has 2 aromatic carbocycles. The molecule has 1 aliphatic rings. The summed E-state index contributed by atoms with van der Waals surface area (Å²) in [5, 5.41) is 5.62. The molecule has 146 valence electrons. The van der Waals surface area contributed by atoms with Gasteiger partial charge >= 0.3 is 0 Å². The molecule has 0 bridgehead atoms. The molecule has 2 N–H and O–H groups in total. The van der Waals surface area contributed by atoms with E-state index in [1.165, 1.54) is 12.5 Å². The van der Waals surface area contributed by atoms with E-state index in [4.69, 9.17) is 0 Å². The molecule has 0 radical (unpaired) electrons. The van der Waals surface area contributed by atoms with Crippen LogP contribution in [0.4, 0.5) is 0 Å². The third kappa shape index (κ3) is 4.76. The van der Waals surface area contributed by atoms with Crippen molar-refractivity contribution >= 4 is 17.7 Å². The lowest BCUT2D eigenvalue weighted by atomic mass is 9.90. The Kier molecular flexibility index (Phi) is 6.42. The Hall–Kier alpha value is -3.15. The molecule has 0 fully saturated rings. The summed E-state index contributed by atoms with van der Waals surface area (Å²) in [5.74, 6) is -0.330. The van der Waals surface area contributed by atoms with Gasteiger partial charge in [0.2, 0.25) is 11.8 Å². The van der Waals surface area contributed by atoms with Gasteiger partial charge in [0, 0.05) is 32.1 Å². The first kappa shape index (κ1) is 19.6. The highest BCUT2D eigenvalue weighted by atomic mass is 16.2. The molecule has 1 heterocycles. The molecular weight excluding hydrogens is 354 g/mol. The number of fused-ring (bicyclic) bond motifs is 1. The average molecular weight is 379 g/mol. The third-order valence-corrected chi connectivity index (χ3v) is 4.96. The van der Waals surface area contributed by atoms with Crippen molar-refractivity contribution in [1.82, 2.24) is 15.5 Å². The zero-order valence-electron chi connectivity index (χ0n) is 16.0. The number of benzene rings is 2. The minimum atomic E-state index is -0.249. The van der Waals surface area contributed by atoms with Crippen molar-refractivity contribution in [3.05, 3.63) is 71.3 Å². The van der Waals surface area contributed by atoms with Gasteiger partial charge in [0.15, 0.2) is 0 Å². The maximum Gasteiger partial charge on any atom is 0.251 e. The molecule has 3 amide bonds. The third-order valence-electron chi connectivity index (χ3n) is 4.96. The summed E-state index contributed by atoms with van der Waals surface area (Å²) in [6.45, 7) is 2.85. The summed E-state index contributed by atoms with van der Waals surface area (Å²) in [5.41, 5.74) is 2.81. The van der Waals surface area contributed by atoms with E-state index in [9.17, 15) is 14.4 Å². The van der Waals surface area contributed by atoms with Crippen LogP contribution in [0.25, 0.3) is 0 Å². The zero-order valence-corrected chi connectivity index (χ0v) is 16.0. The van der Waals surface area contributed by atoms with Crippen molar-refractivity contribution in [3.63, 3.8) is 0 Å². The Labute approximate surface area is 164 Å². The zero-order chi connectivity index (χ0) is 19.9. The summed E-state index contributed by atoms with van der Waals surface area (Å²) >= 11 is 0. The van der Waals surface area contributed by atoms with Gasteiger partial charge in [0.1, 0.15) is 0 Å². The number of carbonyl (C=O) groups is 3. The average Bonchev–Trinajstić information content (AvgIpc) is 2.71. The van der Waals surface area contributed by atoms with Crippen LogP contribution in [0.15, 0.2) is 54.6 Å². The van der Waals surface area contributed by atoms with Gasteiger partial charge in [-0.2, -0.15) is 0 Å². The van der Waals surface area contributed by atoms with Crippen LogP contribution in [0.3, 0.4) is 0 Å². The van der Waals surface area contributed by atoms with Crippen molar-refractivity contribution in [3.8, 4) is 0 Å². The Balaban J connectivity index is 1.52. The maximum atomic E-state index is 12.4. The molecule has 0 saturated carbocycles. The standard InChI is InChI=1S/C22H25N3O3/c1-16(26)25-14-11-17-7-5-6-10-19(17)20(25)15-21(27)23-12-13-24-22(28)18-8-3-2-4-9-18/h2-10,20H,11-15H2,1H3,(H,23,27)(H,24,28). The van der Waals surface area contributed by atoms with Crippen LogP contribution in [0.5, 0.6) is 0 Å². The van der Waals surface area contributed by atoms with E-state index in [2.05, 4.69) is 16.7 Å². The van der Waals surface area contributed by atoms with E-state index < -0.39 is 0 Å². The van der Waals surface area contributed by atoms with E-state index in [-0.39, 0.29) is 30.2 Å². The van der Waals surface area contributed by atoms with Crippen molar-refractivity contribution < 1.29 is 14.4 Å². The highest BCUT2D eigenvalue weighted by molar-refractivity contribution is 5.94. The predicted octanol–water partition coefficient (Wildman–Crippen LogP) is 2.07. The van der Waals surface area contributed by atoms with Crippen LogP contribution in [0.2, 0.25) is 0 Å². The second kappa shape index (κ2) is 9.17. The molecule has 28 heavy (non-hydrogen) atoms. The number of rotatable bonds is 6. The first-order valence-electron chi connectivity index (χ1n) is 9.51. The van der Waals surface area contributed by atoms with Gasteiger partial charge in [-0.05, 0) is 29.7 Å². The predicted molar refractivity (Wildman–Crippen MR) is 107 cm³/mol. The van der Waals surface area contributed by atoms with Crippen LogP contribution in [-0.4, -0.2) is 42.3 Å². The monoisotopic (exact) mass is 379 g/mol. The van der Waals surface area contributed by atoms with Crippen molar-refractivity contribution in [2.24, 2.45) is 0 Å². The molecule has 1 atom stereocenters. The van der Waals surface area contributed by atoms with Gasteiger partial charge in [-0.1, -0.05) is 42.5 Å². The largest absolute Gasteiger partial charge is 0.354 e. The molecule has 6 heteroatoms. The first-order chi connectivity index (χ1) is 13.6. The maximum absolute atomic E-state index is 12.4. The summed E-state index contributed by atoms with van der Waals surface area (Å²) in [7, 11) is 0. The minimum Gasteiger partial charge on any atom is -0.354 e. The molecule has 0 aliphatic carbocycles. The number of nitrogens with one attached hydrogen (secondary N) is 2. The number of hydrogen-bond acceptors (Lipinski definition) is 3. The fraction of sp³-hybridized carbons (Fsp3) is 0.318. The van der Waals surface area contributed by atoms with Gasteiger partial charge < -0.3 is 15.5 Å². The van der Waals surface area contributed by atoms with Gasteiger partial charge in [-0.25, -0.2) is 0 Å². The second-order valence-corrected chi connectivity index (χ2v) is 6.85. The van der Waals surface area contributed by atoms with Crippen LogP contribution in [0.1, 0.15) is 40.9 Å². The molecule has 6 nitrogen and oxygen atoms in total. The van der Waals surface area contributed by atoms with E-state index in [1.807, 2.05) is 24.3 Å². The summed E-state index contributed by atoms with van der Waals surface area (Å²) in [4.78, 5) is 38.2. The van der Waals surface area contributed by atoms with Gasteiger partial charge in [-0.3, -0.25) is 14.4 Å². The van der Waals surface area contributed by atoms with E-state index >= 15 is 0 Å². The molecule has 0 saturated heterocycles. The summed E-state index contributed by atoms with van der Waals surface area (Å²) in [6, 6.07) is 16.7. The summed E-state index contributed by atoms with van der Waals surface area (Å²) < 4.78 is 0. The molecule has 0 spiro atoms. The van der Waals surface area contributed by atoms with E-state index in [0.29, 0.717) is 25.2 Å². The van der Waals surface area contributed by atoms with Crippen LogP contribution < -0.4 is 10.6 Å². The summed E-state index contributed by atoms with van der Waals surface area (Å²) in [6.07, 6.45) is 1.02. The van der Waals surface area contributed by atoms with E-state index in [0.717, 1.165) is 12.0 Å². The Morgan fingerprint density at radius 3 is 2.39 bits per heavy atom. The number of amides is 3. The molecule has 1 aliphatic heterocycles. The van der Waals surface area contributed by atoms with Crippen molar-refractivity contribution in [2.45, 2.75) is 25.8 Å². The van der Waals surface area contributed by atoms with Gasteiger partial charge in [0.25, 0.3) is 5.91 Å². The lowest BCUT2D eigenvalue weighted by Crippen LogP contribution is -2.42. The second-order valence-electron chi connectivity index (χ2n) is 6.85. The Morgan fingerprint density at radius 1 is 0.964 bits per heavy atom. The number of hydrogen-bond donors (Lipinski definition) is 2. The molecular formula is C22H25N3O3. The first-order valence-corrected chi connectivity index (χ1v) is 9.51. The number of carbonyl (C=O) groups excluding carboxylic acids is 3. The van der Waals surface area contributed by atoms with Crippen molar-refractivity contribution in [1.29, 1.82) is 0 Å². The lowest BCUT2D eigenvalue weighted by molar-refractivity contribution is -0.133. The smallest absolute Gasteiger partial charge is 0.251 e. The Bertz CT molecular complexity index is 851. The SMILES string of the molecule is CC(=O)N1CCc2ccccc2C1CC(=O)NCCNC(=O)c1ccccc1. The van der Waals surface area contributed by atoms with Crippen molar-refractivity contribution in [2.75, 3.05) is 19.6 Å². The topological polar surface area (TPSA) is 78.5 Å². The normalized spacial score (nSPS) is 15.5. The number of nitrogens with zero attached hydrogens (tertiary/aromatic N) is 1. The molecule has 0 aromatic heterocycles. The van der Waals surface area contributed by atoms with Gasteiger partial charge in [0.05, 0.1) is 12.5 Å². The highest BCUT2D eigenvalue weighted by Gasteiger charge is 2.30. The molecule has 3 rings (SSSR count). The minimum absolute atomic E-state index is 0.0255. The van der Waals surface area contributed by atoms with Gasteiger partial charge in [-0.15, -0.1) is 0 Å². The quantitative estimate of drug-likeness (QED) is 0.754. The fourth-order valence-electron chi connectivity index (χ4n) is 3.57.